The molecule has 0 aromatic heterocycles. The van der Waals surface area contributed by atoms with Gasteiger partial charge in [0.2, 0.25) is 5.91 Å². The maximum Gasteiger partial charge on any atom is 0.223 e. The molecule has 1 amide bonds. The van der Waals surface area contributed by atoms with Gasteiger partial charge in [0.1, 0.15) is 0 Å². The highest BCUT2D eigenvalue weighted by Gasteiger charge is 2.35. The van der Waals surface area contributed by atoms with E-state index in [9.17, 15) is 4.79 Å². The number of nitrogens with two attached hydrogens (primary N) is 1. The maximum absolute atomic E-state index is 12.5. The molecule has 1 saturated heterocycles. The molecule has 1 aliphatic heterocycles. The Morgan fingerprint density at radius 2 is 1.94 bits per heavy atom. The molecule has 0 spiro atoms. The average Bonchev–Trinajstić information content (AvgIpc) is 2.73. The number of likely N-dealkylation sites (tertiary alicyclic amines) is 1. The molecule has 18 heavy (non-hydrogen) atoms. The van der Waals surface area contributed by atoms with Crippen LogP contribution in [0.5, 0.6) is 0 Å². The van der Waals surface area contributed by atoms with Gasteiger partial charge in [0, 0.05) is 24.5 Å². The summed E-state index contributed by atoms with van der Waals surface area (Å²) in [5.74, 6) is 0.783. The molecule has 4 unspecified atom stereocenters. The van der Waals surface area contributed by atoms with Crippen LogP contribution < -0.4 is 5.73 Å². The Balaban J connectivity index is 1.93. The summed E-state index contributed by atoms with van der Waals surface area (Å²) in [5, 5.41) is 0. The molecule has 1 saturated carbocycles. The number of nitrogens with zero attached hydrogens (tertiary/aromatic N) is 1. The summed E-state index contributed by atoms with van der Waals surface area (Å²) >= 11 is 0. The lowest BCUT2D eigenvalue weighted by atomic mass is 9.82. The van der Waals surface area contributed by atoms with E-state index in [-0.39, 0.29) is 6.04 Å². The molecule has 0 aromatic carbocycles. The Morgan fingerprint density at radius 1 is 1.22 bits per heavy atom. The van der Waals surface area contributed by atoms with Crippen molar-refractivity contribution in [3.8, 4) is 0 Å². The summed E-state index contributed by atoms with van der Waals surface area (Å²) in [6.07, 6.45) is 8.86. The predicted molar refractivity (Wildman–Crippen MR) is 74.2 cm³/mol. The average molecular weight is 252 g/mol. The Kier molecular flexibility index (Phi) is 4.66. The van der Waals surface area contributed by atoms with E-state index in [2.05, 4.69) is 18.7 Å². The van der Waals surface area contributed by atoms with Crippen LogP contribution in [0.15, 0.2) is 0 Å². The zero-order valence-electron chi connectivity index (χ0n) is 11.9. The van der Waals surface area contributed by atoms with E-state index in [4.69, 9.17) is 5.73 Å². The molecule has 2 rings (SSSR count). The second kappa shape index (κ2) is 6.05. The van der Waals surface area contributed by atoms with Crippen LogP contribution in [0.2, 0.25) is 0 Å². The van der Waals surface area contributed by atoms with Gasteiger partial charge in [-0.25, -0.2) is 0 Å². The molecule has 0 bridgehead atoms. The van der Waals surface area contributed by atoms with E-state index in [1.165, 1.54) is 25.7 Å². The molecule has 0 radical (unpaired) electrons. The van der Waals surface area contributed by atoms with E-state index in [0.29, 0.717) is 30.3 Å². The van der Waals surface area contributed by atoms with Crippen LogP contribution >= 0.6 is 0 Å². The third kappa shape index (κ3) is 2.87. The lowest BCUT2D eigenvalue weighted by molar-refractivity contribution is -0.135. The Bertz CT molecular complexity index is 292. The third-order valence-electron chi connectivity index (χ3n) is 4.95. The Hall–Kier alpha value is -0.570. The highest BCUT2D eigenvalue weighted by Crippen LogP contribution is 2.31. The highest BCUT2D eigenvalue weighted by molar-refractivity contribution is 5.77. The maximum atomic E-state index is 12.5. The minimum atomic E-state index is 0.251. The lowest BCUT2D eigenvalue weighted by Gasteiger charge is -2.33. The second-order valence-corrected chi connectivity index (χ2v) is 6.20. The fourth-order valence-electron chi connectivity index (χ4n) is 3.74. The van der Waals surface area contributed by atoms with Crippen LogP contribution in [-0.2, 0) is 4.79 Å². The highest BCUT2D eigenvalue weighted by atomic mass is 16.2. The monoisotopic (exact) mass is 252 g/mol. The van der Waals surface area contributed by atoms with Gasteiger partial charge in [-0.2, -0.15) is 0 Å². The molecule has 2 fully saturated rings. The first-order valence-electron chi connectivity index (χ1n) is 7.70. The molecule has 1 heterocycles. The molecule has 3 heteroatoms. The first kappa shape index (κ1) is 13.9. The van der Waals surface area contributed by atoms with Gasteiger partial charge in [0.25, 0.3) is 0 Å². The number of carbonyl (C=O) groups is 1. The van der Waals surface area contributed by atoms with Crippen LogP contribution in [0.4, 0.5) is 0 Å². The minimum absolute atomic E-state index is 0.251. The fraction of sp³-hybridized carbons (Fsp3) is 0.933. The zero-order chi connectivity index (χ0) is 13.1. The van der Waals surface area contributed by atoms with Crippen molar-refractivity contribution in [1.82, 2.24) is 4.90 Å². The van der Waals surface area contributed by atoms with Gasteiger partial charge < -0.3 is 10.6 Å². The number of carbonyl (C=O) groups excluding carboxylic acids is 1. The quantitative estimate of drug-likeness (QED) is 0.839. The molecule has 2 aliphatic rings. The van der Waals surface area contributed by atoms with Crippen molar-refractivity contribution in [2.75, 3.05) is 0 Å². The number of rotatable bonds is 3. The van der Waals surface area contributed by atoms with Crippen LogP contribution in [0.1, 0.15) is 65.2 Å². The SMILES string of the molecule is CCC1CCC(C)N1C(=O)CC1CCCCC1N. The fourth-order valence-corrected chi connectivity index (χ4v) is 3.74. The molecule has 104 valence electrons. The van der Waals surface area contributed by atoms with Crippen molar-refractivity contribution >= 4 is 5.91 Å². The smallest absolute Gasteiger partial charge is 0.223 e. The molecule has 4 atom stereocenters. The van der Waals surface area contributed by atoms with Gasteiger partial charge in [0.15, 0.2) is 0 Å². The number of hydrogen-bond donors (Lipinski definition) is 1. The first-order valence-corrected chi connectivity index (χ1v) is 7.70. The third-order valence-corrected chi connectivity index (χ3v) is 4.95. The van der Waals surface area contributed by atoms with Gasteiger partial charge >= 0.3 is 0 Å². The van der Waals surface area contributed by atoms with Crippen molar-refractivity contribution in [2.24, 2.45) is 11.7 Å². The normalized spacial score (nSPS) is 36.9. The molecule has 1 aliphatic carbocycles. The Morgan fingerprint density at radius 3 is 2.61 bits per heavy atom. The van der Waals surface area contributed by atoms with E-state index in [0.717, 1.165) is 19.3 Å². The predicted octanol–water partition coefficient (Wildman–Crippen LogP) is 2.68. The van der Waals surface area contributed by atoms with Crippen molar-refractivity contribution in [3.05, 3.63) is 0 Å². The topological polar surface area (TPSA) is 46.3 Å². The van der Waals surface area contributed by atoms with Gasteiger partial charge in [-0.05, 0) is 44.9 Å². The van der Waals surface area contributed by atoms with Crippen molar-refractivity contribution in [1.29, 1.82) is 0 Å². The minimum Gasteiger partial charge on any atom is -0.337 e. The molecule has 2 N–H and O–H groups in total. The van der Waals surface area contributed by atoms with Crippen molar-refractivity contribution in [2.45, 2.75) is 83.3 Å². The summed E-state index contributed by atoms with van der Waals surface area (Å²) in [7, 11) is 0. The second-order valence-electron chi connectivity index (χ2n) is 6.20. The van der Waals surface area contributed by atoms with Gasteiger partial charge in [-0.15, -0.1) is 0 Å². The lowest BCUT2D eigenvalue weighted by Crippen LogP contribution is -2.43. The largest absolute Gasteiger partial charge is 0.337 e. The molecule has 3 nitrogen and oxygen atoms in total. The number of amides is 1. The Labute approximate surface area is 111 Å². The summed E-state index contributed by atoms with van der Waals surface area (Å²) < 4.78 is 0. The van der Waals surface area contributed by atoms with Gasteiger partial charge in [-0.3, -0.25) is 4.79 Å². The molecular formula is C15H28N2O. The summed E-state index contributed by atoms with van der Waals surface area (Å²) in [5.41, 5.74) is 6.16. The van der Waals surface area contributed by atoms with Crippen molar-refractivity contribution < 1.29 is 4.79 Å². The van der Waals surface area contributed by atoms with Gasteiger partial charge in [-0.1, -0.05) is 19.8 Å². The van der Waals surface area contributed by atoms with Crippen LogP contribution in [-0.4, -0.2) is 28.9 Å². The van der Waals surface area contributed by atoms with E-state index < -0.39 is 0 Å². The number of hydrogen-bond acceptors (Lipinski definition) is 2. The van der Waals surface area contributed by atoms with Gasteiger partial charge in [0.05, 0.1) is 0 Å². The summed E-state index contributed by atoms with van der Waals surface area (Å²) in [6, 6.07) is 1.16. The van der Waals surface area contributed by atoms with Crippen LogP contribution in [0, 0.1) is 5.92 Å². The van der Waals surface area contributed by atoms with E-state index in [1.54, 1.807) is 0 Å². The first-order chi connectivity index (χ1) is 8.63. The van der Waals surface area contributed by atoms with Crippen LogP contribution in [0.25, 0.3) is 0 Å². The standard InChI is InChI=1S/C15H28N2O/c1-3-13-9-8-11(2)17(13)15(18)10-12-6-4-5-7-14(12)16/h11-14H,3-10,16H2,1-2H3. The zero-order valence-corrected chi connectivity index (χ0v) is 11.9. The molecular weight excluding hydrogens is 224 g/mol. The summed E-state index contributed by atoms with van der Waals surface area (Å²) in [4.78, 5) is 14.7. The summed E-state index contributed by atoms with van der Waals surface area (Å²) in [6.45, 7) is 4.38. The van der Waals surface area contributed by atoms with Crippen molar-refractivity contribution in [3.63, 3.8) is 0 Å². The van der Waals surface area contributed by atoms with E-state index in [1.807, 2.05) is 0 Å². The molecule has 0 aromatic rings. The van der Waals surface area contributed by atoms with Crippen LogP contribution in [0.3, 0.4) is 0 Å². The van der Waals surface area contributed by atoms with E-state index >= 15 is 0 Å².